The molecule has 0 aliphatic heterocycles. The second kappa shape index (κ2) is 5.77. The van der Waals surface area contributed by atoms with E-state index < -0.39 is 0 Å². The largest absolute Gasteiger partial charge is 0.395 e. The van der Waals surface area contributed by atoms with E-state index >= 15 is 0 Å². The molecule has 1 amide bonds. The number of nitrogens with one attached hydrogen (secondary N) is 2. The smallest absolute Gasteiger partial charge is 0.277 e. The number of hydrogen-bond donors (Lipinski definition) is 3. The van der Waals surface area contributed by atoms with E-state index in [-0.39, 0.29) is 5.91 Å². The van der Waals surface area contributed by atoms with Crippen molar-refractivity contribution >= 4 is 17.4 Å². The molecule has 2 aromatic heterocycles. The fraction of sp³-hybridized carbons (Fsp3) is 0.462. The van der Waals surface area contributed by atoms with Gasteiger partial charge in [0.1, 0.15) is 5.69 Å². The third-order valence-electron chi connectivity index (χ3n) is 3.08. The van der Waals surface area contributed by atoms with Crippen LogP contribution in [0.15, 0.2) is 6.07 Å². The van der Waals surface area contributed by atoms with Crippen molar-refractivity contribution < 1.29 is 4.79 Å². The quantitative estimate of drug-likeness (QED) is 0.773. The summed E-state index contributed by atoms with van der Waals surface area (Å²) in [4.78, 5) is 12.3. The zero-order valence-electron chi connectivity index (χ0n) is 12.0. The molecule has 7 heteroatoms. The number of aromatic nitrogens is 4. The summed E-state index contributed by atoms with van der Waals surface area (Å²) < 4.78 is 1.60. The zero-order valence-corrected chi connectivity index (χ0v) is 12.0. The van der Waals surface area contributed by atoms with Gasteiger partial charge >= 0.3 is 0 Å². The van der Waals surface area contributed by atoms with Crippen LogP contribution in [0.4, 0.5) is 11.5 Å². The van der Waals surface area contributed by atoms with Crippen LogP contribution in [0.5, 0.6) is 0 Å². The van der Waals surface area contributed by atoms with Crippen molar-refractivity contribution in [1.82, 2.24) is 20.0 Å². The Balaban J connectivity index is 2.19. The molecule has 7 nitrogen and oxygen atoms in total. The lowest BCUT2D eigenvalue weighted by atomic mass is 10.2. The zero-order chi connectivity index (χ0) is 14.7. The van der Waals surface area contributed by atoms with Crippen LogP contribution >= 0.6 is 0 Å². The van der Waals surface area contributed by atoms with Gasteiger partial charge in [0, 0.05) is 18.3 Å². The van der Waals surface area contributed by atoms with Gasteiger partial charge in [0.05, 0.1) is 11.4 Å². The average molecular weight is 276 g/mol. The van der Waals surface area contributed by atoms with Crippen LogP contribution in [0.2, 0.25) is 0 Å². The Morgan fingerprint density at radius 1 is 1.50 bits per heavy atom. The molecule has 4 N–H and O–H groups in total. The summed E-state index contributed by atoms with van der Waals surface area (Å²) in [7, 11) is 0. The van der Waals surface area contributed by atoms with Crippen molar-refractivity contribution in [3.8, 4) is 0 Å². The lowest BCUT2D eigenvalue weighted by Gasteiger charge is -2.05. The lowest BCUT2D eigenvalue weighted by Crippen LogP contribution is -2.19. The first-order chi connectivity index (χ1) is 9.56. The molecule has 0 saturated heterocycles. The predicted molar refractivity (Wildman–Crippen MR) is 77.6 cm³/mol. The lowest BCUT2D eigenvalue weighted by molar-refractivity contribution is 0.101. The van der Waals surface area contributed by atoms with E-state index in [9.17, 15) is 4.79 Å². The molecule has 0 atom stereocenters. The van der Waals surface area contributed by atoms with E-state index in [2.05, 4.69) is 27.5 Å². The van der Waals surface area contributed by atoms with Crippen molar-refractivity contribution in [2.24, 2.45) is 0 Å². The number of nitrogen functional groups attached to an aromatic ring is 1. The Labute approximate surface area is 117 Å². The standard InChI is InChI=1S/C13H20N6O/c1-4-6-9-7-10(17-16-9)15-13(20)12-11(14)8(3)18-19(12)5-2/h7H,4-6,14H2,1-3H3,(H2,15,16,17,20). The first-order valence-corrected chi connectivity index (χ1v) is 6.75. The van der Waals surface area contributed by atoms with Crippen molar-refractivity contribution in [2.75, 3.05) is 11.1 Å². The molecule has 0 unspecified atom stereocenters. The maximum atomic E-state index is 12.3. The molecule has 2 rings (SSSR count). The Kier molecular flexibility index (Phi) is 4.07. The van der Waals surface area contributed by atoms with Gasteiger partial charge in [-0.1, -0.05) is 13.3 Å². The highest BCUT2D eigenvalue weighted by Crippen LogP contribution is 2.18. The Bertz CT molecular complexity index is 612. The van der Waals surface area contributed by atoms with Gasteiger partial charge in [0.25, 0.3) is 5.91 Å². The molecule has 0 saturated carbocycles. The van der Waals surface area contributed by atoms with Crippen LogP contribution in [-0.4, -0.2) is 25.9 Å². The number of H-pyrrole nitrogens is 1. The highest BCUT2D eigenvalue weighted by atomic mass is 16.2. The number of anilines is 2. The molecule has 0 radical (unpaired) electrons. The highest BCUT2D eigenvalue weighted by molar-refractivity contribution is 6.06. The Morgan fingerprint density at radius 3 is 2.90 bits per heavy atom. The number of amides is 1. The summed E-state index contributed by atoms with van der Waals surface area (Å²) in [6.07, 6.45) is 1.92. The van der Waals surface area contributed by atoms with E-state index in [0.717, 1.165) is 18.5 Å². The van der Waals surface area contributed by atoms with Crippen molar-refractivity contribution in [3.05, 3.63) is 23.1 Å². The molecule has 0 bridgehead atoms. The van der Waals surface area contributed by atoms with E-state index in [4.69, 9.17) is 5.73 Å². The number of nitrogens with two attached hydrogens (primary N) is 1. The highest BCUT2D eigenvalue weighted by Gasteiger charge is 2.19. The van der Waals surface area contributed by atoms with E-state index in [1.165, 1.54) is 0 Å². The van der Waals surface area contributed by atoms with Gasteiger partial charge in [-0.3, -0.25) is 14.6 Å². The molecular formula is C13H20N6O. The van der Waals surface area contributed by atoms with Crippen molar-refractivity contribution in [2.45, 2.75) is 40.2 Å². The summed E-state index contributed by atoms with van der Waals surface area (Å²) in [5.74, 6) is 0.207. The fourth-order valence-corrected chi connectivity index (χ4v) is 2.06. The minimum absolute atomic E-state index is 0.292. The van der Waals surface area contributed by atoms with Gasteiger partial charge in [-0.25, -0.2) is 0 Å². The van der Waals surface area contributed by atoms with Crippen molar-refractivity contribution in [3.63, 3.8) is 0 Å². The minimum atomic E-state index is -0.292. The number of nitrogens with zero attached hydrogens (tertiary/aromatic N) is 3. The Hall–Kier alpha value is -2.31. The van der Waals surface area contributed by atoms with Crippen LogP contribution in [0.1, 0.15) is 42.1 Å². The molecule has 20 heavy (non-hydrogen) atoms. The molecule has 0 fully saturated rings. The number of aryl methyl sites for hydroxylation is 3. The number of rotatable bonds is 5. The molecule has 2 heterocycles. The second-order valence-corrected chi connectivity index (χ2v) is 4.65. The summed E-state index contributed by atoms with van der Waals surface area (Å²) >= 11 is 0. The van der Waals surface area contributed by atoms with E-state index in [1.807, 2.05) is 13.0 Å². The average Bonchev–Trinajstić information content (AvgIpc) is 2.96. The van der Waals surface area contributed by atoms with Crippen molar-refractivity contribution in [1.29, 1.82) is 0 Å². The second-order valence-electron chi connectivity index (χ2n) is 4.65. The van der Waals surface area contributed by atoms with Gasteiger partial charge in [-0.15, -0.1) is 0 Å². The third kappa shape index (κ3) is 2.66. The first-order valence-electron chi connectivity index (χ1n) is 6.75. The van der Waals surface area contributed by atoms with Crippen LogP contribution in [0, 0.1) is 6.92 Å². The fourth-order valence-electron chi connectivity index (χ4n) is 2.06. The van der Waals surface area contributed by atoms with Gasteiger partial charge in [-0.05, 0) is 20.3 Å². The van der Waals surface area contributed by atoms with Crippen LogP contribution in [0.25, 0.3) is 0 Å². The molecule has 0 aliphatic rings. The number of hydrogen-bond acceptors (Lipinski definition) is 4. The molecule has 0 aromatic carbocycles. The Morgan fingerprint density at radius 2 is 2.25 bits per heavy atom. The molecule has 108 valence electrons. The summed E-state index contributed by atoms with van der Waals surface area (Å²) in [6, 6.07) is 1.83. The number of aromatic amines is 1. The van der Waals surface area contributed by atoms with Crippen LogP contribution in [-0.2, 0) is 13.0 Å². The number of carbonyl (C=O) groups excluding carboxylic acids is 1. The molecule has 2 aromatic rings. The van der Waals surface area contributed by atoms with Gasteiger partial charge < -0.3 is 11.1 Å². The van der Waals surface area contributed by atoms with Gasteiger partial charge in [0.15, 0.2) is 5.82 Å². The summed E-state index contributed by atoms with van der Waals surface area (Å²) in [5, 5.41) is 13.9. The topological polar surface area (TPSA) is 102 Å². The normalized spacial score (nSPS) is 10.8. The van der Waals surface area contributed by atoms with E-state index in [0.29, 0.717) is 29.4 Å². The van der Waals surface area contributed by atoms with Gasteiger partial charge in [-0.2, -0.15) is 10.2 Å². The van der Waals surface area contributed by atoms with Gasteiger partial charge in [0.2, 0.25) is 0 Å². The first kappa shape index (κ1) is 14.1. The molecule has 0 aliphatic carbocycles. The van der Waals surface area contributed by atoms with Crippen LogP contribution < -0.4 is 11.1 Å². The number of carbonyl (C=O) groups is 1. The predicted octanol–water partition coefficient (Wildman–Crippen LogP) is 1.72. The van der Waals surface area contributed by atoms with E-state index in [1.54, 1.807) is 11.6 Å². The molecular weight excluding hydrogens is 256 g/mol. The summed E-state index contributed by atoms with van der Waals surface area (Å²) in [6.45, 7) is 6.37. The third-order valence-corrected chi connectivity index (χ3v) is 3.08. The SMILES string of the molecule is CCCc1cc(NC(=O)c2c(N)c(C)nn2CC)n[nH]1. The minimum Gasteiger partial charge on any atom is -0.395 e. The maximum Gasteiger partial charge on any atom is 0.277 e. The monoisotopic (exact) mass is 276 g/mol. The van der Waals surface area contributed by atoms with Crippen LogP contribution in [0.3, 0.4) is 0 Å². The molecule has 0 spiro atoms. The maximum absolute atomic E-state index is 12.3. The summed E-state index contributed by atoms with van der Waals surface area (Å²) in [5.41, 5.74) is 8.36.